The molecule has 1 aromatic carbocycles. The number of nitrogens with zero attached hydrogens (tertiary/aromatic N) is 5. The first-order chi connectivity index (χ1) is 14.5. The lowest BCUT2D eigenvalue weighted by Gasteiger charge is -2.32. The monoisotopic (exact) mass is 415 g/mol. The molecule has 3 aromatic rings. The summed E-state index contributed by atoms with van der Waals surface area (Å²) >= 11 is 0. The zero-order valence-corrected chi connectivity index (χ0v) is 16.9. The minimum absolute atomic E-state index is 0.0157. The van der Waals surface area contributed by atoms with Gasteiger partial charge in [-0.1, -0.05) is 12.1 Å². The van der Waals surface area contributed by atoms with Gasteiger partial charge in [-0.05, 0) is 43.0 Å². The van der Waals surface area contributed by atoms with E-state index in [0.717, 1.165) is 34.2 Å². The average molecular weight is 415 g/mol. The molecule has 0 N–H and O–H groups in total. The number of hydrogen-bond donors (Lipinski definition) is 0. The van der Waals surface area contributed by atoms with Gasteiger partial charge in [0, 0.05) is 19.0 Å². The standard InChI is InChI=1S/C21H23F2N5O2/c1-13-8-14(5-6-18(13)30-2)9-19(29)27-7-3-4-15(11-27)16-10-17(20(22)23)28-21(26-16)24-12-25-28/h5-6,8,10,12,15,20H,3-4,7,9,11H2,1-2H3. The van der Waals surface area contributed by atoms with E-state index in [2.05, 4.69) is 15.1 Å². The smallest absolute Gasteiger partial charge is 0.280 e. The van der Waals surface area contributed by atoms with Crippen molar-refractivity contribution in [2.75, 3.05) is 20.2 Å². The molecule has 1 aliphatic heterocycles. The van der Waals surface area contributed by atoms with Crippen molar-refractivity contribution in [3.8, 4) is 5.75 Å². The molecule has 30 heavy (non-hydrogen) atoms. The lowest BCUT2D eigenvalue weighted by atomic mass is 9.93. The molecule has 0 radical (unpaired) electrons. The molecule has 158 valence electrons. The molecule has 3 heterocycles. The summed E-state index contributed by atoms with van der Waals surface area (Å²) in [6, 6.07) is 7.09. The van der Waals surface area contributed by atoms with Crippen molar-refractivity contribution in [2.45, 2.75) is 38.5 Å². The highest BCUT2D eigenvalue weighted by Crippen LogP contribution is 2.29. The van der Waals surface area contributed by atoms with Gasteiger partial charge in [0.25, 0.3) is 12.2 Å². The highest BCUT2D eigenvalue weighted by molar-refractivity contribution is 5.79. The number of fused-ring (bicyclic) bond motifs is 1. The van der Waals surface area contributed by atoms with Gasteiger partial charge in [0.2, 0.25) is 5.91 Å². The minimum atomic E-state index is -2.68. The summed E-state index contributed by atoms with van der Waals surface area (Å²) in [6.07, 6.45) is 0.394. The van der Waals surface area contributed by atoms with E-state index in [1.165, 1.54) is 12.4 Å². The van der Waals surface area contributed by atoms with Crippen LogP contribution in [0.1, 0.15) is 47.7 Å². The molecule has 9 heteroatoms. The van der Waals surface area contributed by atoms with E-state index in [9.17, 15) is 13.6 Å². The third-order valence-corrected chi connectivity index (χ3v) is 5.53. The van der Waals surface area contributed by atoms with Crippen LogP contribution >= 0.6 is 0 Å². The Morgan fingerprint density at radius 2 is 2.17 bits per heavy atom. The van der Waals surface area contributed by atoms with Gasteiger partial charge in [-0.2, -0.15) is 14.6 Å². The maximum atomic E-state index is 13.5. The quantitative estimate of drug-likeness (QED) is 0.639. The van der Waals surface area contributed by atoms with Crippen LogP contribution in [0.3, 0.4) is 0 Å². The molecule has 0 bridgehead atoms. The topological polar surface area (TPSA) is 72.6 Å². The summed E-state index contributed by atoms with van der Waals surface area (Å²) in [5.41, 5.74) is 2.20. The highest BCUT2D eigenvalue weighted by Gasteiger charge is 2.27. The highest BCUT2D eigenvalue weighted by atomic mass is 19.3. The Hall–Kier alpha value is -3.10. The fourth-order valence-electron chi connectivity index (χ4n) is 4.00. The number of benzene rings is 1. The number of piperidine rings is 1. The van der Waals surface area contributed by atoms with Crippen molar-refractivity contribution in [1.29, 1.82) is 0 Å². The summed E-state index contributed by atoms with van der Waals surface area (Å²) in [7, 11) is 1.62. The number of likely N-dealkylation sites (tertiary alicyclic amines) is 1. The van der Waals surface area contributed by atoms with E-state index in [1.807, 2.05) is 25.1 Å². The van der Waals surface area contributed by atoms with Crippen LogP contribution < -0.4 is 4.74 Å². The van der Waals surface area contributed by atoms with Gasteiger partial charge in [0.15, 0.2) is 0 Å². The molecule has 1 fully saturated rings. The van der Waals surface area contributed by atoms with Crippen LogP contribution in [0.15, 0.2) is 30.6 Å². The van der Waals surface area contributed by atoms with E-state index in [-0.39, 0.29) is 29.7 Å². The molecule has 0 aliphatic carbocycles. The van der Waals surface area contributed by atoms with Crippen LogP contribution in [-0.2, 0) is 11.2 Å². The van der Waals surface area contributed by atoms with Gasteiger partial charge < -0.3 is 9.64 Å². The van der Waals surface area contributed by atoms with Gasteiger partial charge in [-0.3, -0.25) is 4.79 Å². The Balaban J connectivity index is 1.51. The number of amides is 1. The van der Waals surface area contributed by atoms with E-state index in [0.29, 0.717) is 18.8 Å². The molecule has 1 unspecified atom stereocenters. The van der Waals surface area contributed by atoms with Crippen molar-refractivity contribution >= 4 is 11.7 Å². The Kier molecular flexibility index (Phi) is 5.61. The Morgan fingerprint density at radius 1 is 1.33 bits per heavy atom. The Morgan fingerprint density at radius 3 is 2.90 bits per heavy atom. The van der Waals surface area contributed by atoms with E-state index >= 15 is 0 Å². The summed E-state index contributed by atoms with van der Waals surface area (Å²) in [5.74, 6) is 0.843. The van der Waals surface area contributed by atoms with Crippen molar-refractivity contribution in [3.05, 3.63) is 53.1 Å². The number of alkyl halides is 2. The molecule has 7 nitrogen and oxygen atoms in total. The first-order valence-electron chi connectivity index (χ1n) is 9.86. The van der Waals surface area contributed by atoms with Crippen molar-refractivity contribution in [2.24, 2.45) is 0 Å². The molecule has 1 amide bonds. The van der Waals surface area contributed by atoms with Crippen molar-refractivity contribution < 1.29 is 18.3 Å². The Labute approximate surface area is 172 Å². The summed E-state index contributed by atoms with van der Waals surface area (Å²) in [4.78, 5) is 23.1. The predicted octanol–water partition coefficient (Wildman–Crippen LogP) is 3.33. The minimum Gasteiger partial charge on any atom is -0.496 e. The van der Waals surface area contributed by atoms with E-state index in [1.54, 1.807) is 12.0 Å². The molecule has 1 atom stereocenters. The fourth-order valence-corrected chi connectivity index (χ4v) is 4.00. The number of rotatable bonds is 5. The lowest BCUT2D eigenvalue weighted by molar-refractivity contribution is -0.131. The fraction of sp³-hybridized carbons (Fsp3) is 0.429. The van der Waals surface area contributed by atoms with Crippen LogP contribution in [0.2, 0.25) is 0 Å². The number of carbonyl (C=O) groups is 1. The second kappa shape index (κ2) is 8.33. The molecule has 2 aromatic heterocycles. The molecular weight excluding hydrogens is 392 g/mol. The van der Waals surface area contributed by atoms with Crippen LogP contribution in [0.5, 0.6) is 5.75 Å². The molecular formula is C21H23F2N5O2. The summed E-state index contributed by atoms with van der Waals surface area (Å²) in [5, 5.41) is 3.83. The second-order valence-electron chi connectivity index (χ2n) is 7.54. The summed E-state index contributed by atoms with van der Waals surface area (Å²) in [6.45, 7) is 3.05. The van der Waals surface area contributed by atoms with Crippen LogP contribution in [0.25, 0.3) is 5.78 Å². The first kappa shape index (κ1) is 20.2. The zero-order valence-electron chi connectivity index (χ0n) is 16.9. The predicted molar refractivity (Wildman–Crippen MR) is 106 cm³/mol. The Bertz CT molecular complexity index is 1070. The van der Waals surface area contributed by atoms with E-state index < -0.39 is 6.43 Å². The number of ether oxygens (including phenoxy) is 1. The van der Waals surface area contributed by atoms with Gasteiger partial charge in [0.05, 0.1) is 19.2 Å². The molecule has 0 saturated carbocycles. The number of carbonyl (C=O) groups excluding carboxylic acids is 1. The van der Waals surface area contributed by atoms with Gasteiger partial charge in [-0.15, -0.1) is 0 Å². The van der Waals surface area contributed by atoms with Gasteiger partial charge in [0.1, 0.15) is 17.8 Å². The first-order valence-corrected chi connectivity index (χ1v) is 9.86. The molecule has 1 saturated heterocycles. The number of aryl methyl sites for hydroxylation is 1. The van der Waals surface area contributed by atoms with Gasteiger partial charge in [-0.25, -0.2) is 13.8 Å². The largest absolute Gasteiger partial charge is 0.496 e. The molecule has 1 aliphatic rings. The second-order valence-corrected chi connectivity index (χ2v) is 7.54. The maximum Gasteiger partial charge on any atom is 0.280 e. The molecule has 0 spiro atoms. The van der Waals surface area contributed by atoms with Gasteiger partial charge >= 0.3 is 0 Å². The molecule has 4 rings (SSSR count). The number of hydrogen-bond acceptors (Lipinski definition) is 5. The van der Waals surface area contributed by atoms with Crippen molar-refractivity contribution in [1.82, 2.24) is 24.5 Å². The van der Waals surface area contributed by atoms with E-state index in [4.69, 9.17) is 4.74 Å². The number of aromatic nitrogens is 4. The normalized spacial score (nSPS) is 17.0. The average Bonchev–Trinajstić information content (AvgIpc) is 3.22. The van der Waals surface area contributed by atoms with Crippen LogP contribution in [-0.4, -0.2) is 50.6 Å². The lowest BCUT2D eigenvalue weighted by Crippen LogP contribution is -2.40. The van der Waals surface area contributed by atoms with Crippen LogP contribution in [0, 0.1) is 6.92 Å². The van der Waals surface area contributed by atoms with Crippen LogP contribution in [0.4, 0.5) is 8.78 Å². The zero-order chi connectivity index (χ0) is 21.3. The maximum absolute atomic E-state index is 13.5. The number of methoxy groups -OCH3 is 1. The third kappa shape index (κ3) is 3.96. The third-order valence-electron chi connectivity index (χ3n) is 5.53. The summed E-state index contributed by atoms with van der Waals surface area (Å²) < 4.78 is 33.3. The number of halogens is 2. The SMILES string of the molecule is COc1ccc(CC(=O)N2CCCC(c3cc(C(F)F)n4ncnc4n3)C2)cc1C. The van der Waals surface area contributed by atoms with Crippen molar-refractivity contribution in [3.63, 3.8) is 0 Å².